The zero-order valence-electron chi connectivity index (χ0n) is 10.7. The first-order chi connectivity index (χ1) is 9.72. The van der Waals surface area contributed by atoms with E-state index in [1.54, 1.807) is 0 Å². The Morgan fingerprint density at radius 3 is 2.38 bits per heavy atom. The minimum absolute atomic E-state index is 0.132. The van der Waals surface area contributed by atoms with Gasteiger partial charge in [0.25, 0.3) is 10.2 Å². The molecule has 2 atom stereocenters. The van der Waals surface area contributed by atoms with E-state index in [1.807, 2.05) is 0 Å². The van der Waals surface area contributed by atoms with Crippen molar-refractivity contribution in [1.82, 2.24) is 5.32 Å². The number of hydrogen-bond acceptors (Lipinski definition) is 9. The summed E-state index contributed by atoms with van der Waals surface area (Å²) in [5, 5.41) is 28.5. The van der Waals surface area contributed by atoms with Gasteiger partial charge in [0.15, 0.2) is 0 Å². The molecular formula is C8H14N4O9. The zero-order chi connectivity index (χ0) is 16.4. The van der Waals surface area contributed by atoms with Crippen LogP contribution in [0, 0.1) is 20.2 Å². The van der Waals surface area contributed by atoms with E-state index in [0.717, 1.165) is 0 Å². The Morgan fingerprint density at radius 1 is 1.29 bits per heavy atom. The molecule has 0 bridgehead atoms. The summed E-state index contributed by atoms with van der Waals surface area (Å²) in [5.41, 5.74) is 5.18. The molecule has 0 aromatic heterocycles. The molecule has 0 radical (unpaired) electrons. The molecule has 13 nitrogen and oxygen atoms in total. The Kier molecular flexibility index (Phi) is 8.05. The Balaban J connectivity index is 4.14. The van der Waals surface area contributed by atoms with Crippen LogP contribution in [0.1, 0.15) is 12.8 Å². The molecule has 21 heavy (non-hydrogen) atoms. The van der Waals surface area contributed by atoms with Gasteiger partial charge < -0.3 is 25.8 Å². The molecule has 0 heterocycles. The van der Waals surface area contributed by atoms with Crippen molar-refractivity contribution < 1.29 is 34.5 Å². The summed E-state index contributed by atoms with van der Waals surface area (Å²) in [6.07, 6.45) is -1.73. The van der Waals surface area contributed by atoms with Gasteiger partial charge in [-0.2, -0.15) is 0 Å². The number of nitrogens with two attached hydrogens (primary N) is 1. The van der Waals surface area contributed by atoms with Crippen molar-refractivity contribution in [3.63, 3.8) is 0 Å². The van der Waals surface area contributed by atoms with Gasteiger partial charge in [0.2, 0.25) is 5.91 Å². The third kappa shape index (κ3) is 9.83. The lowest BCUT2D eigenvalue weighted by Crippen LogP contribution is -2.39. The molecule has 0 spiro atoms. The predicted molar refractivity (Wildman–Crippen MR) is 62.7 cm³/mol. The van der Waals surface area contributed by atoms with Gasteiger partial charge in [0.05, 0.1) is 0 Å². The van der Waals surface area contributed by atoms with Crippen molar-refractivity contribution in [2.24, 2.45) is 5.73 Å². The van der Waals surface area contributed by atoms with E-state index in [0.29, 0.717) is 0 Å². The number of rotatable bonds is 11. The van der Waals surface area contributed by atoms with Crippen LogP contribution in [0.25, 0.3) is 0 Å². The minimum Gasteiger partial charge on any atom is -0.480 e. The van der Waals surface area contributed by atoms with E-state index in [9.17, 15) is 29.8 Å². The number of amides is 1. The molecule has 13 heteroatoms. The Morgan fingerprint density at radius 2 is 1.90 bits per heavy atom. The number of nitrogens with one attached hydrogen (secondary N) is 1. The molecule has 0 saturated heterocycles. The Labute approximate surface area is 117 Å². The number of carboxylic acids is 1. The van der Waals surface area contributed by atoms with Gasteiger partial charge in [-0.15, -0.1) is 20.2 Å². The highest BCUT2D eigenvalue weighted by Crippen LogP contribution is 1.97. The fourth-order valence-electron chi connectivity index (χ4n) is 1.12. The minimum atomic E-state index is -1.37. The highest BCUT2D eigenvalue weighted by atomic mass is 17.0. The molecule has 0 unspecified atom stereocenters. The summed E-state index contributed by atoms with van der Waals surface area (Å²) in [4.78, 5) is 49.9. The zero-order valence-corrected chi connectivity index (χ0v) is 10.7. The number of carbonyl (C=O) groups is 2. The molecule has 0 saturated carbocycles. The van der Waals surface area contributed by atoms with Crippen molar-refractivity contribution >= 4 is 11.9 Å². The molecular weight excluding hydrogens is 296 g/mol. The lowest BCUT2D eigenvalue weighted by atomic mass is 10.1. The number of aliphatic carboxylic acids is 1. The highest BCUT2D eigenvalue weighted by molar-refractivity contribution is 5.78. The third-order valence-corrected chi connectivity index (χ3v) is 2.13. The fraction of sp³-hybridized carbons (Fsp3) is 0.750. The summed E-state index contributed by atoms with van der Waals surface area (Å²) in [7, 11) is 0. The van der Waals surface area contributed by atoms with Crippen molar-refractivity contribution in [2.45, 2.75) is 25.0 Å². The molecule has 0 rings (SSSR count). The second-order valence-electron chi connectivity index (χ2n) is 3.76. The number of carboxylic acid groups (broad SMARTS) is 1. The van der Waals surface area contributed by atoms with Crippen LogP contribution in [0.15, 0.2) is 0 Å². The van der Waals surface area contributed by atoms with Crippen LogP contribution in [-0.4, -0.2) is 52.5 Å². The second kappa shape index (κ2) is 9.24. The highest BCUT2D eigenvalue weighted by Gasteiger charge is 2.18. The molecule has 0 aliphatic rings. The van der Waals surface area contributed by atoms with Crippen LogP contribution >= 0.6 is 0 Å². The summed E-state index contributed by atoms with van der Waals surface area (Å²) in [6.45, 7) is -1.17. The van der Waals surface area contributed by atoms with Crippen molar-refractivity contribution in [3.05, 3.63) is 20.2 Å². The van der Waals surface area contributed by atoms with Gasteiger partial charge in [0, 0.05) is 13.0 Å². The SMILES string of the molecule is N[C@@H](CCC(=O)NC[C@@H](CO[N+](=O)[O-])O[N+](=O)[O-])C(=O)O. The Bertz CT molecular complexity index is 401. The first-order valence-electron chi connectivity index (χ1n) is 5.56. The van der Waals surface area contributed by atoms with E-state index in [1.165, 1.54) is 0 Å². The van der Waals surface area contributed by atoms with Crippen LogP contribution in [0.2, 0.25) is 0 Å². The van der Waals surface area contributed by atoms with Crippen molar-refractivity contribution in [3.8, 4) is 0 Å². The monoisotopic (exact) mass is 310 g/mol. The summed E-state index contributed by atoms with van der Waals surface area (Å²) in [6, 6.07) is -1.21. The first kappa shape index (κ1) is 18.3. The maximum Gasteiger partial charge on any atom is 0.320 e. The van der Waals surface area contributed by atoms with E-state index in [-0.39, 0.29) is 12.8 Å². The fourth-order valence-corrected chi connectivity index (χ4v) is 1.12. The lowest BCUT2D eigenvalue weighted by molar-refractivity contribution is -0.789. The Hall–Kier alpha value is -2.70. The van der Waals surface area contributed by atoms with E-state index >= 15 is 0 Å². The van der Waals surface area contributed by atoms with Crippen molar-refractivity contribution in [2.75, 3.05) is 13.2 Å². The maximum atomic E-state index is 11.3. The lowest BCUT2D eigenvalue weighted by Gasteiger charge is -2.14. The normalized spacial score (nSPS) is 12.8. The quantitative estimate of drug-likeness (QED) is 0.285. The first-order valence-corrected chi connectivity index (χ1v) is 5.56. The second-order valence-corrected chi connectivity index (χ2v) is 3.76. The van der Waals surface area contributed by atoms with Gasteiger partial charge in [-0.1, -0.05) is 0 Å². The van der Waals surface area contributed by atoms with Gasteiger partial charge in [-0.05, 0) is 6.42 Å². The van der Waals surface area contributed by atoms with Crippen molar-refractivity contribution in [1.29, 1.82) is 0 Å². The number of nitrogens with zero attached hydrogens (tertiary/aromatic N) is 2. The molecule has 120 valence electrons. The van der Waals surface area contributed by atoms with Crippen LogP contribution < -0.4 is 11.1 Å². The van der Waals surface area contributed by atoms with Crippen LogP contribution in [0.3, 0.4) is 0 Å². The summed E-state index contributed by atoms with van der Waals surface area (Å²) >= 11 is 0. The number of carbonyl (C=O) groups excluding carboxylic acids is 1. The summed E-state index contributed by atoms with van der Waals surface area (Å²) in [5.74, 6) is -1.90. The summed E-state index contributed by atoms with van der Waals surface area (Å²) < 4.78 is 0. The smallest absolute Gasteiger partial charge is 0.320 e. The predicted octanol–water partition coefficient (Wildman–Crippen LogP) is -1.92. The van der Waals surface area contributed by atoms with Crippen LogP contribution in [0.4, 0.5) is 0 Å². The maximum absolute atomic E-state index is 11.3. The van der Waals surface area contributed by atoms with Gasteiger partial charge in [-0.3, -0.25) is 9.59 Å². The standard InChI is InChI=1S/C8H14N4O9/c9-6(8(14)15)1-2-7(13)10-3-5(21-12(18)19)4-20-11(16)17/h5-6H,1-4,9H2,(H,10,13)(H,14,15)/t5-,6-/m0/s1. The molecule has 0 aromatic carbocycles. The third-order valence-electron chi connectivity index (χ3n) is 2.13. The molecule has 0 aromatic rings. The largest absolute Gasteiger partial charge is 0.480 e. The molecule has 4 N–H and O–H groups in total. The van der Waals surface area contributed by atoms with Gasteiger partial charge in [-0.25, -0.2) is 0 Å². The average Bonchev–Trinajstić information content (AvgIpc) is 2.38. The molecule has 0 aliphatic heterocycles. The molecule has 0 aliphatic carbocycles. The molecule has 0 fully saturated rings. The molecule has 1 amide bonds. The van der Waals surface area contributed by atoms with Gasteiger partial charge in [0.1, 0.15) is 18.8 Å². The topological polar surface area (TPSA) is 197 Å². The average molecular weight is 310 g/mol. The van der Waals surface area contributed by atoms with Crippen LogP contribution in [-0.2, 0) is 19.3 Å². The van der Waals surface area contributed by atoms with E-state index < -0.39 is 47.3 Å². The van der Waals surface area contributed by atoms with E-state index in [4.69, 9.17) is 10.8 Å². The van der Waals surface area contributed by atoms with E-state index in [2.05, 4.69) is 15.0 Å². The van der Waals surface area contributed by atoms with Gasteiger partial charge >= 0.3 is 5.97 Å². The van der Waals surface area contributed by atoms with Crippen LogP contribution in [0.5, 0.6) is 0 Å². The number of hydrogen-bond donors (Lipinski definition) is 3.